The lowest BCUT2D eigenvalue weighted by Crippen LogP contribution is -2.16. The molecule has 3 aromatic rings. The van der Waals surface area contributed by atoms with Crippen molar-refractivity contribution in [3.05, 3.63) is 59.0 Å². The van der Waals surface area contributed by atoms with Crippen LogP contribution in [0.15, 0.2) is 42.6 Å². The summed E-state index contributed by atoms with van der Waals surface area (Å²) in [5, 5.41) is 12.6. The Labute approximate surface area is 136 Å². The Morgan fingerprint density at radius 1 is 1.26 bits per heavy atom. The van der Waals surface area contributed by atoms with Gasteiger partial charge in [0.25, 0.3) is 5.91 Å². The number of carboxylic acid groups (broad SMARTS) is 1. The van der Waals surface area contributed by atoms with E-state index in [1.807, 2.05) is 0 Å². The number of nitrogens with one attached hydrogen (secondary N) is 2. The minimum atomic E-state index is -0.972. The summed E-state index contributed by atoms with van der Waals surface area (Å²) in [5.74, 6) is -1.43. The average molecular weight is 330 g/mol. The number of carboxylic acids is 1. The molecule has 0 atom stereocenters. The lowest BCUT2D eigenvalue weighted by Gasteiger charge is -2.09. The van der Waals surface area contributed by atoms with Gasteiger partial charge in [0.1, 0.15) is 10.8 Å². The number of benzene rings is 1. The maximum absolute atomic E-state index is 12.4. The van der Waals surface area contributed by atoms with Gasteiger partial charge in [0.2, 0.25) is 0 Å². The van der Waals surface area contributed by atoms with E-state index in [9.17, 15) is 9.59 Å². The number of nitrogens with zero attached hydrogens (tertiary/aromatic N) is 1. The van der Waals surface area contributed by atoms with Gasteiger partial charge in [-0.15, -0.1) is 0 Å². The Bertz CT molecular complexity index is 904. The number of amides is 1. The number of para-hydroxylation sites is 1. The highest BCUT2D eigenvalue weighted by Gasteiger charge is 2.14. The van der Waals surface area contributed by atoms with Crippen LogP contribution in [0.1, 0.15) is 16.1 Å². The minimum absolute atomic E-state index is 0.148. The van der Waals surface area contributed by atoms with Gasteiger partial charge in [-0.25, -0.2) is 4.98 Å². The zero-order valence-electron chi connectivity index (χ0n) is 11.8. The van der Waals surface area contributed by atoms with Crippen molar-refractivity contribution < 1.29 is 14.7 Å². The van der Waals surface area contributed by atoms with Gasteiger partial charge in [-0.05, 0) is 23.8 Å². The number of pyridine rings is 1. The molecule has 0 saturated heterocycles. The number of fused-ring (bicyclic) bond motifs is 1. The number of carbonyl (C=O) groups is 2. The SMILES string of the molecule is O=C(O)Cc1ccccc1NC(=O)c1cc2[nH]ccc2c(Cl)n1. The van der Waals surface area contributed by atoms with Crippen LogP contribution in [0.5, 0.6) is 0 Å². The molecule has 0 unspecified atom stereocenters. The smallest absolute Gasteiger partial charge is 0.307 e. The fourth-order valence-electron chi connectivity index (χ4n) is 2.28. The van der Waals surface area contributed by atoms with E-state index in [-0.39, 0.29) is 17.3 Å². The largest absolute Gasteiger partial charge is 0.481 e. The number of hydrogen-bond donors (Lipinski definition) is 3. The van der Waals surface area contributed by atoms with Crippen LogP contribution in [0.25, 0.3) is 10.9 Å². The lowest BCUT2D eigenvalue weighted by molar-refractivity contribution is -0.136. The summed E-state index contributed by atoms with van der Waals surface area (Å²) in [5.41, 5.74) is 1.80. The molecule has 1 amide bonds. The van der Waals surface area contributed by atoms with Crippen molar-refractivity contribution in [3.8, 4) is 0 Å². The number of anilines is 1. The van der Waals surface area contributed by atoms with Gasteiger partial charge in [-0.3, -0.25) is 9.59 Å². The Kier molecular flexibility index (Phi) is 3.99. The number of hydrogen-bond acceptors (Lipinski definition) is 3. The number of aromatic nitrogens is 2. The van der Waals surface area contributed by atoms with Crippen molar-refractivity contribution in [3.63, 3.8) is 0 Å². The second kappa shape index (κ2) is 6.10. The minimum Gasteiger partial charge on any atom is -0.481 e. The molecule has 1 aromatic carbocycles. The van der Waals surface area contributed by atoms with E-state index in [1.54, 1.807) is 42.6 Å². The van der Waals surface area contributed by atoms with Crippen LogP contribution in [0.3, 0.4) is 0 Å². The molecule has 23 heavy (non-hydrogen) atoms. The van der Waals surface area contributed by atoms with Crippen LogP contribution in [-0.4, -0.2) is 27.0 Å². The first-order valence-electron chi connectivity index (χ1n) is 6.79. The van der Waals surface area contributed by atoms with Crippen LogP contribution in [0, 0.1) is 0 Å². The molecule has 6 nitrogen and oxygen atoms in total. The molecule has 0 fully saturated rings. The number of halogens is 1. The molecule has 7 heteroatoms. The van der Waals surface area contributed by atoms with E-state index < -0.39 is 11.9 Å². The van der Waals surface area contributed by atoms with Gasteiger partial charge in [-0.2, -0.15) is 0 Å². The predicted molar refractivity (Wildman–Crippen MR) is 86.8 cm³/mol. The van der Waals surface area contributed by atoms with Gasteiger partial charge >= 0.3 is 5.97 Å². The summed E-state index contributed by atoms with van der Waals surface area (Å²) in [4.78, 5) is 30.3. The molecule has 0 saturated carbocycles. The van der Waals surface area contributed by atoms with E-state index >= 15 is 0 Å². The Morgan fingerprint density at radius 2 is 2.04 bits per heavy atom. The summed E-state index contributed by atoms with van der Waals surface area (Å²) < 4.78 is 0. The quantitative estimate of drug-likeness (QED) is 0.641. The van der Waals surface area contributed by atoms with Crippen molar-refractivity contribution >= 4 is 40.1 Å². The van der Waals surface area contributed by atoms with Crippen molar-refractivity contribution in [1.29, 1.82) is 0 Å². The van der Waals surface area contributed by atoms with E-state index in [2.05, 4.69) is 15.3 Å². The van der Waals surface area contributed by atoms with E-state index in [1.165, 1.54) is 0 Å². The lowest BCUT2D eigenvalue weighted by atomic mass is 10.1. The van der Waals surface area contributed by atoms with Crippen LogP contribution in [-0.2, 0) is 11.2 Å². The first-order chi connectivity index (χ1) is 11.0. The van der Waals surface area contributed by atoms with Gasteiger partial charge < -0.3 is 15.4 Å². The number of rotatable bonds is 4. The maximum Gasteiger partial charge on any atom is 0.307 e. The zero-order chi connectivity index (χ0) is 16.4. The summed E-state index contributed by atoms with van der Waals surface area (Å²) in [7, 11) is 0. The highest BCUT2D eigenvalue weighted by atomic mass is 35.5. The third-order valence-electron chi connectivity index (χ3n) is 3.34. The van der Waals surface area contributed by atoms with Crippen LogP contribution < -0.4 is 5.32 Å². The van der Waals surface area contributed by atoms with E-state index in [0.717, 1.165) is 5.39 Å². The molecule has 0 aliphatic heterocycles. The molecule has 0 aliphatic rings. The van der Waals surface area contributed by atoms with Crippen molar-refractivity contribution in [2.45, 2.75) is 6.42 Å². The normalized spacial score (nSPS) is 10.7. The first kappa shape index (κ1) is 15.1. The van der Waals surface area contributed by atoms with Crippen LogP contribution in [0.4, 0.5) is 5.69 Å². The third kappa shape index (κ3) is 3.17. The summed E-state index contributed by atoms with van der Waals surface area (Å²) in [6.45, 7) is 0. The van der Waals surface area contributed by atoms with Gasteiger partial charge in [0, 0.05) is 17.3 Å². The molecule has 0 bridgehead atoms. The highest BCUT2D eigenvalue weighted by Crippen LogP contribution is 2.22. The van der Waals surface area contributed by atoms with Gasteiger partial charge in [0.05, 0.1) is 11.9 Å². The molecule has 0 spiro atoms. The number of aliphatic carboxylic acids is 1. The summed E-state index contributed by atoms with van der Waals surface area (Å²) in [6.07, 6.45) is 1.53. The second-order valence-electron chi connectivity index (χ2n) is 4.92. The van der Waals surface area contributed by atoms with Crippen molar-refractivity contribution in [2.24, 2.45) is 0 Å². The third-order valence-corrected chi connectivity index (χ3v) is 3.63. The fourth-order valence-corrected chi connectivity index (χ4v) is 2.53. The van der Waals surface area contributed by atoms with Gasteiger partial charge in [0.15, 0.2) is 0 Å². The second-order valence-corrected chi connectivity index (χ2v) is 5.28. The molecule has 0 radical (unpaired) electrons. The summed E-state index contributed by atoms with van der Waals surface area (Å²) in [6, 6.07) is 10.1. The average Bonchev–Trinajstić information content (AvgIpc) is 2.97. The highest BCUT2D eigenvalue weighted by molar-refractivity contribution is 6.34. The molecule has 2 aromatic heterocycles. The van der Waals surface area contributed by atoms with Gasteiger partial charge in [-0.1, -0.05) is 29.8 Å². The van der Waals surface area contributed by atoms with Crippen molar-refractivity contribution in [1.82, 2.24) is 9.97 Å². The fraction of sp³-hybridized carbons (Fsp3) is 0.0625. The molecule has 3 rings (SSSR count). The number of carbonyl (C=O) groups excluding carboxylic acids is 1. The van der Waals surface area contributed by atoms with Crippen LogP contribution in [0.2, 0.25) is 5.15 Å². The molecule has 3 N–H and O–H groups in total. The molecular formula is C16H12ClN3O3. The zero-order valence-corrected chi connectivity index (χ0v) is 12.6. The Balaban J connectivity index is 1.90. The number of H-pyrrole nitrogens is 1. The molecule has 116 valence electrons. The predicted octanol–water partition coefficient (Wildman–Crippen LogP) is 3.10. The number of aromatic amines is 1. The maximum atomic E-state index is 12.4. The summed E-state index contributed by atoms with van der Waals surface area (Å²) >= 11 is 6.06. The Hall–Kier alpha value is -2.86. The topological polar surface area (TPSA) is 95.1 Å². The molecule has 2 heterocycles. The molecule has 0 aliphatic carbocycles. The molecular weight excluding hydrogens is 318 g/mol. The standard InChI is InChI=1S/C16H12ClN3O3/c17-15-10-5-6-18-12(10)8-13(19-15)16(23)20-11-4-2-1-3-9(11)7-14(21)22/h1-6,8,18H,7H2,(H,20,23)(H,21,22). The van der Waals surface area contributed by atoms with Crippen molar-refractivity contribution in [2.75, 3.05) is 5.32 Å². The first-order valence-corrected chi connectivity index (χ1v) is 7.17. The monoisotopic (exact) mass is 329 g/mol. The van der Waals surface area contributed by atoms with E-state index in [4.69, 9.17) is 16.7 Å². The van der Waals surface area contributed by atoms with E-state index in [0.29, 0.717) is 16.8 Å². The Morgan fingerprint density at radius 3 is 2.83 bits per heavy atom. The van der Waals surface area contributed by atoms with Crippen LogP contribution >= 0.6 is 11.6 Å².